The van der Waals surface area contributed by atoms with E-state index < -0.39 is 29.8 Å². The highest BCUT2D eigenvalue weighted by atomic mass is 127. The molecule has 0 aliphatic rings. The van der Waals surface area contributed by atoms with Gasteiger partial charge in [-0.3, -0.25) is 4.79 Å². The summed E-state index contributed by atoms with van der Waals surface area (Å²) in [4.78, 5) is 22.3. The molecule has 3 N–H and O–H groups in total. The highest BCUT2D eigenvalue weighted by Gasteiger charge is 2.30. The summed E-state index contributed by atoms with van der Waals surface area (Å²) in [6.07, 6.45) is 0. The fourth-order valence-electron chi connectivity index (χ4n) is 1.09. The lowest BCUT2D eigenvalue weighted by molar-refractivity contribution is -0.155. The SMILES string of the molecule is CC(O)(CNC(=O)c1cc(F)ccc1I)C(=O)O. The van der Waals surface area contributed by atoms with E-state index in [1.165, 1.54) is 12.1 Å². The number of hydrogen-bond donors (Lipinski definition) is 3. The van der Waals surface area contributed by atoms with Crippen LogP contribution in [0.25, 0.3) is 0 Å². The lowest BCUT2D eigenvalue weighted by atomic mass is 10.1. The van der Waals surface area contributed by atoms with Gasteiger partial charge >= 0.3 is 5.97 Å². The van der Waals surface area contributed by atoms with Crippen molar-refractivity contribution in [1.29, 1.82) is 0 Å². The van der Waals surface area contributed by atoms with Crippen LogP contribution in [0.1, 0.15) is 17.3 Å². The zero-order chi connectivity index (χ0) is 13.9. The molecule has 5 nitrogen and oxygen atoms in total. The summed E-state index contributed by atoms with van der Waals surface area (Å²) in [5.74, 6) is -2.65. The minimum Gasteiger partial charge on any atom is -0.479 e. The van der Waals surface area contributed by atoms with E-state index in [2.05, 4.69) is 5.32 Å². The van der Waals surface area contributed by atoms with Gasteiger partial charge in [0.25, 0.3) is 5.91 Å². The maximum atomic E-state index is 13.0. The molecule has 0 aliphatic carbocycles. The second kappa shape index (κ2) is 5.61. The van der Waals surface area contributed by atoms with Gasteiger partial charge in [0.15, 0.2) is 5.60 Å². The first-order chi connectivity index (χ1) is 8.24. The van der Waals surface area contributed by atoms with Crippen molar-refractivity contribution >= 4 is 34.5 Å². The van der Waals surface area contributed by atoms with Crippen LogP contribution < -0.4 is 5.32 Å². The Morgan fingerprint density at radius 3 is 2.67 bits per heavy atom. The number of aliphatic hydroxyl groups is 1. The summed E-state index contributed by atoms with van der Waals surface area (Å²) >= 11 is 1.86. The van der Waals surface area contributed by atoms with Crippen molar-refractivity contribution in [2.45, 2.75) is 12.5 Å². The molecule has 0 spiro atoms. The number of carbonyl (C=O) groups excluding carboxylic acids is 1. The monoisotopic (exact) mass is 367 g/mol. The number of carboxylic acids is 1. The third kappa shape index (κ3) is 3.64. The van der Waals surface area contributed by atoms with Crippen molar-refractivity contribution in [3.05, 3.63) is 33.1 Å². The van der Waals surface area contributed by atoms with Crippen LogP contribution in [0, 0.1) is 9.39 Å². The van der Waals surface area contributed by atoms with Crippen LogP contribution in [0.3, 0.4) is 0 Å². The molecule has 98 valence electrons. The van der Waals surface area contributed by atoms with Gasteiger partial charge in [-0.05, 0) is 47.7 Å². The van der Waals surface area contributed by atoms with E-state index in [1.54, 1.807) is 0 Å². The standard InChI is InChI=1S/C11H11FINO4/c1-11(18,10(16)17)5-14-9(15)7-4-6(12)2-3-8(7)13/h2-4,18H,5H2,1H3,(H,14,15)(H,16,17). The minimum absolute atomic E-state index is 0.0942. The summed E-state index contributed by atoms with van der Waals surface area (Å²) in [6, 6.07) is 3.69. The fraction of sp³-hybridized carbons (Fsp3) is 0.273. The molecular weight excluding hydrogens is 356 g/mol. The average Bonchev–Trinajstić information content (AvgIpc) is 2.29. The van der Waals surface area contributed by atoms with E-state index in [0.29, 0.717) is 3.57 Å². The molecule has 0 saturated carbocycles. The third-order valence-corrected chi connectivity index (χ3v) is 3.17. The molecule has 0 fully saturated rings. The van der Waals surface area contributed by atoms with E-state index >= 15 is 0 Å². The minimum atomic E-state index is -2.06. The van der Waals surface area contributed by atoms with Crippen LogP contribution >= 0.6 is 22.6 Å². The smallest absolute Gasteiger partial charge is 0.337 e. The molecule has 0 saturated heterocycles. The van der Waals surface area contributed by atoms with Crippen LogP contribution in [0.2, 0.25) is 0 Å². The first-order valence-electron chi connectivity index (χ1n) is 4.93. The zero-order valence-electron chi connectivity index (χ0n) is 9.41. The lowest BCUT2D eigenvalue weighted by Gasteiger charge is -2.18. The Morgan fingerprint density at radius 1 is 1.50 bits per heavy atom. The van der Waals surface area contributed by atoms with Crippen LogP contribution in [0.15, 0.2) is 18.2 Å². The van der Waals surface area contributed by atoms with Gasteiger partial charge in [0.05, 0.1) is 12.1 Å². The molecular formula is C11H11FINO4. The van der Waals surface area contributed by atoms with Gasteiger partial charge in [0.2, 0.25) is 0 Å². The Kier molecular flexibility index (Phi) is 4.63. The predicted molar refractivity (Wildman–Crippen MR) is 69.7 cm³/mol. The molecule has 0 bridgehead atoms. The third-order valence-electron chi connectivity index (χ3n) is 2.23. The highest BCUT2D eigenvalue weighted by Crippen LogP contribution is 2.14. The second-order valence-electron chi connectivity index (χ2n) is 3.89. The number of aliphatic carboxylic acids is 1. The Balaban J connectivity index is 2.78. The molecule has 1 atom stereocenters. The van der Waals surface area contributed by atoms with Gasteiger partial charge in [-0.1, -0.05) is 0 Å². The van der Waals surface area contributed by atoms with E-state index in [4.69, 9.17) is 5.11 Å². The Labute approximate surface area is 116 Å². The zero-order valence-corrected chi connectivity index (χ0v) is 11.6. The fourth-order valence-corrected chi connectivity index (χ4v) is 1.68. The number of carbonyl (C=O) groups is 2. The van der Waals surface area contributed by atoms with Crippen molar-refractivity contribution in [2.75, 3.05) is 6.54 Å². The summed E-state index contributed by atoms with van der Waals surface area (Å²) < 4.78 is 13.5. The topological polar surface area (TPSA) is 86.6 Å². The molecule has 1 aromatic rings. The van der Waals surface area contributed by atoms with Gasteiger partial charge < -0.3 is 15.5 Å². The molecule has 7 heteroatoms. The maximum Gasteiger partial charge on any atom is 0.337 e. The summed E-state index contributed by atoms with van der Waals surface area (Å²) in [7, 11) is 0. The van der Waals surface area contributed by atoms with Crippen molar-refractivity contribution < 1.29 is 24.2 Å². The van der Waals surface area contributed by atoms with E-state index in [1.807, 2.05) is 22.6 Å². The van der Waals surface area contributed by atoms with Crippen LogP contribution in [-0.4, -0.2) is 34.2 Å². The van der Waals surface area contributed by atoms with Crippen LogP contribution in [-0.2, 0) is 4.79 Å². The van der Waals surface area contributed by atoms with Crippen LogP contribution in [0.5, 0.6) is 0 Å². The highest BCUT2D eigenvalue weighted by molar-refractivity contribution is 14.1. The van der Waals surface area contributed by atoms with Crippen molar-refractivity contribution in [3.8, 4) is 0 Å². The molecule has 0 aromatic heterocycles. The maximum absolute atomic E-state index is 13.0. The predicted octanol–water partition coefficient (Wildman–Crippen LogP) is 0.996. The average molecular weight is 367 g/mol. The van der Waals surface area contributed by atoms with Gasteiger partial charge in [-0.25, -0.2) is 9.18 Å². The van der Waals surface area contributed by atoms with Crippen LogP contribution in [0.4, 0.5) is 4.39 Å². The number of benzene rings is 1. The normalized spacial score (nSPS) is 13.8. The molecule has 18 heavy (non-hydrogen) atoms. The van der Waals surface area contributed by atoms with Gasteiger partial charge in [0, 0.05) is 3.57 Å². The molecule has 0 radical (unpaired) electrons. The van der Waals surface area contributed by atoms with Crippen molar-refractivity contribution in [3.63, 3.8) is 0 Å². The molecule has 0 aliphatic heterocycles. The molecule has 1 rings (SSSR count). The van der Waals surface area contributed by atoms with E-state index in [-0.39, 0.29) is 5.56 Å². The first-order valence-corrected chi connectivity index (χ1v) is 6.01. The van der Waals surface area contributed by atoms with Gasteiger partial charge in [0.1, 0.15) is 5.82 Å². The van der Waals surface area contributed by atoms with Crippen molar-refractivity contribution in [2.24, 2.45) is 0 Å². The van der Waals surface area contributed by atoms with Crippen molar-refractivity contribution in [1.82, 2.24) is 5.32 Å². The van der Waals surface area contributed by atoms with Gasteiger partial charge in [-0.15, -0.1) is 0 Å². The molecule has 0 heterocycles. The Hall–Kier alpha value is -1.22. The number of hydrogen-bond acceptors (Lipinski definition) is 3. The molecule has 1 unspecified atom stereocenters. The van der Waals surface area contributed by atoms with E-state index in [0.717, 1.165) is 13.0 Å². The number of amides is 1. The first kappa shape index (κ1) is 14.8. The summed E-state index contributed by atoms with van der Waals surface area (Å²) in [5, 5.41) is 20.3. The van der Waals surface area contributed by atoms with E-state index in [9.17, 15) is 19.1 Å². The number of halogens is 2. The molecule has 1 amide bonds. The molecule has 1 aromatic carbocycles. The largest absolute Gasteiger partial charge is 0.479 e. The number of nitrogens with one attached hydrogen (secondary N) is 1. The van der Waals surface area contributed by atoms with Gasteiger partial charge in [-0.2, -0.15) is 0 Å². The Bertz CT molecular complexity index is 490. The quantitative estimate of drug-likeness (QED) is 0.693. The summed E-state index contributed by atoms with van der Waals surface area (Å²) in [6.45, 7) is 0.597. The number of rotatable bonds is 4. The number of carboxylic acid groups (broad SMARTS) is 1. The second-order valence-corrected chi connectivity index (χ2v) is 5.05. The lowest BCUT2D eigenvalue weighted by Crippen LogP contribution is -2.46. The Morgan fingerprint density at radius 2 is 2.11 bits per heavy atom. The summed E-state index contributed by atoms with van der Waals surface area (Å²) in [5.41, 5.74) is -1.97.